The number of aliphatic hydroxyl groups excluding tert-OH is 2. The molecule has 0 spiro atoms. The van der Waals surface area contributed by atoms with Crippen molar-refractivity contribution in [1.82, 2.24) is 0 Å². The molecule has 0 aromatic heterocycles. The molecule has 4 rings (SSSR count). The van der Waals surface area contributed by atoms with Crippen molar-refractivity contribution in [1.29, 1.82) is 0 Å². The number of fused-ring (bicyclic) bond motifs is 2. The Labute approximate surface area is 156 Å². The molecule has 0 amide bonds. The Morgan fingerprint density at radius 3 is 2.73 bits per heavy atom. The summed E-state index contributed by atoms with van der Waals surface area (Å²) in [6.07, 6.45) is 6.49. The van der Waals surface area contributed by atoms with Gasteiger partial charge in [-0.1, -0.05) is 39.3 Å². The average Bonchev–Trinajstić information content (AvgIpc) is 3.30. The van der Waals surface area contributed by atoms with Crippen LogP contribution in [-0.4, -0.2) is 40.4 Å². The van der Waals surface area contributed by atoms with Crippen LogP contribution >= 0.6 is 0 Å². The average molecular weight is 360 g/mol. The second-order valence-corrected chi connectivity index (χ2v) is 9.97. The number of carbonyl (C=O) groups is 1. The Balaban J connectivity index is 1.65. The molecule has 0 unspecified atom stereocenters. The van der Waals surface area contributed by atoms with Crippen LogP contribution in [0.4, 0.5) is 0 Å². The third-order valence-corrected chi connectivity index (χ3v) is 8.15. The molecule has 4 aliphatic rings. The summed E-state index contributed by atoms with van der Waals surface area (Å²) in [5, 5.41) is 19.8. The number of rotatable bonds is 3. The van der Waals surface area contributed by atoms with Gasteiger partial charge in [0.2, 0.25) is 0 Å². The zero-order valence-corrected chi connectivity index (χ0v) is 16.3. The molecule has 0 aromatic carbocycles. The predicted octanol–water partition coefficient (Wildman–Crippen LogP) is 3.18. The van der Waals surface area contributed by atoms with Crippen LogP contribution in [0.25, 0.3) is 0 Å². The van der Waals surface area contributed by atoms with Crippen LogP contribution in [0.15, 0.2) is 23.8 Å². The van der Waals surface area contributed by atoms with Gasteiger partial charge in [0, 0.05) is 0 Å². The topological polar surface area (TPSA) is 70.1 Å². The van der Waals surface area contributed by atoms with Crippen LogP contribution in [-0.2, 0) is 9.53 Å². The lowest BCUT2D eigenvalue weighted by Crippen LogP contribution is -2.51. The van der Waals surface area contributed by atoms with Crippen LogP contribution in [0.3, 0.4) is 0 Å². The zero-order chi connectivity index (χ0) is 18.9. The molecule has 6 atom stereocenters. The highest BCUT2D eigenvalue weighted by molar-refractivity contribution is 6.02. The molecule has 26 heavy (non-hydrogen) atoms. The number of carbonyl (C=O) groups excluding carboxylic acids is 1. The fraction of sp³-hybridized carbons (Fsp3) is 0.773. The molecule has 1 saturated heterocycles. The standard InChI is InChI=1S/C22H32O4/c1-13-6-7-16-20(2,3)8-5-9-21(16,4)15(13)11-22-17(24)10-14(12-23)18(25)19(22)26-22/h10,15-16,18-19,23,25H,1,5-9,11-12H2,2-4H3/t15-,16-,18+,19+,21+,22-/m0/s1. The van der Waals surface area contributed by atoms with Crippen molar-refractivity contribution in [3.8, 4) is 0 Å². The highest BCUT2D eigenvalue weighted by Crippen LogP contribution is 2.64. The molecule has 3 fully saturated rings. The van der Waals surface area contributed by atoms with E-state index in [9.17, 15) is 15.0 Å². The minimum Gasteiger partial charge on any atom is -0.392 e. The molecule has 3 aliphatic carbocycles. The summed E-state index contributed by atoms with van der Waals surface area (Å²) in [4.78, 5) is 12.8. The van der Waals surface area contributed by atoms with E-state index in [4.69, 9.17) is 4.74 Å². The molecular formula is C22H32O4. The van der Waals surface area contributed by atoms with Crippen LogP contribution in [0.5, 0.6) is 0 Å². The number of ether oxygens (including phenoxy) is 1. The molecule has 2 N–H and O–H groups in total. The first-order valence-corrected chi connectivity index (χ1v) is 10.0. The lowest BCUT2D eigenvalue weighted by molar-refractivity contribution is -0.122. The Morgan fingerprint density at radius 2 is 2.04 bits per heavy atom. The summed E-state index contributed by atoms with van der Waals surface area (Å²) in [6.45, 7) is 11.3. The second kappa shape index (κ2) is 5.76. The van der Waals surface area contributed by atoms with E-state index in [2.05, 4.69) is 27.4 Å². The predicted molar refractivity (Wildman–Crippen MR) is 99.5 cm³/mol. The zero-order valence-electron chi connectivity index (χ0n) is 16.3. The van der Waals surface area contributed by atoms with Crippen molar-refractivity contribution in [2.24, 2.45) is 22.7 Å². The maximum absolute atomic E-state index is 12.8. The first-order valence-electron chi connectivity index (χ1n) is 10.0. The van der Waals surface area contributed by atoms with Crippen LogP contribution in [0.1, 0.15) is 59.3 Å². The van der Waals surface area contributed by atoms with Crippen molar-refractivity contribution >= 4 is 5.78 Å². The molecule has 144 valence electrons. The fourth-order valence-corrected chi connectivity index (χ4v) is 6.64. The SMILES string of the molecule is C=C1CC[C@H]2C(C)(C)CCC[C@]2(C)[C@H]1C[C@@]12O[C@@H]1[C@H](O)C(CO)=CC2=O. The van der Waals surface area contributed by atoms with E-state index in [1.165, 1.54) is 37.3 Å². The minimum atomic E-state index is -0.905. The molecule has 4 heteroatoms. The summed E-state index contributed by atoms with van der Waals surface area (Å²) in [5.74, 6) is 0.775. The van der Waals surface area contributed by atoms with E-state index in [0.717, 1.165) is 6.42 Å². The quantitative estimate of drug-likeness (QED) is 0.599. The lowest BCUT2D eigenvalue weighted by atomic mass is 9.46. The molecule has 1 heterocycles. The van der Waals surface area contributed by atoms with Gasteiger partial charge in [0.15, 0.2) is 11.4 Å². The van der Waals surface area contributed by atoms with Gasteiger partial charge in [-0.15, -0.1) is 0 Å². The first kappa shape index (κ1) is 18.4. The Bertz CT molecular complexity index is 678. The van der Waals surface area contributed by atoms with E-state index in [-0.39, 0.29) is 23.7 Å². The third kappa shape index (κ3) is 2.42. The van der Waals surface area contributed by atoms with Gasteiger partial charge < -0.3 is 14.9 Å². The lowest BCUT2D eigenvalue weighted by Gasteiger charge is -2.58. The number of allylic oxidation sites excluding steroid dienone is 1. The number of epoxide rings is 1. The number of aliphatic hydroxyl groups is 2. The van der Waals surface area contributed by atoms with Gasteiger partial charge in [-0.3, -0.25) is 4.79 Å². The highest BCUT2D eigenvalue weighted by Gasteiger charge is 2.69. The van der Waals surface area contributed by atoms with Crippen molar-refractivity contribution in [2.75, 3.05) is 6.61 Å². The summed E-state index contributed by atoms with van der Waals surface area (Å²) in [6, 6.07) is 0. The maximum atomic E-state index is 12.8. The van der Waals surface area contributed by atoms with E-state index in [1.807, 2.05) is 0 Å². The third-order valence-electron chi connectivity index (χ3n) is 8.15. The number of hydrogen-bond acceptors (Lipinski definition) is 4. The molecule has 0 aromatic rings. The van der Waals surface area contributed by atoms with Gasteiger partial charge in [-0.2, -0.15) is 0 Å². The Morgan fingerprint density at radius 1 is 1.31 bits per heavy atom. The van der Waals surface area contributed by atoms with Gasteiger partial charge in [-0.05, 0) is 66.4 Å². The second-order valence-electron chi connectivity index (χ2n) is 9.97. The first-order chi connectivity index (χ1) is 12.2. The van der Waals surface area contributed by atoms with Crippen LogP contribution in [0, 0.1) is 22.7 Å². The smallest absolute Gasteiger partial charge is 0.190 e. The van der Waals surface area contributed by atoms with Crippen LogP contribution < -0.4 is 0 Å². The number of ketones is 1. The summed E-state index contributed by atoms with van der Waals surface area (Å²) in [7, 11) is 0. The summed E-state index contributed by atoms with van der Waals surface area (Å²) < 4.78 is 5.85. The molecule has 0 bridgehead atoms. The van der Waals surface area contributed by atoms with Gasteiger partial charge >= 0.3 is 0 Å². The largest absolute Gasteiger partial charge is 0.392 e. The van der Waals surface area contributed by atoms with Gasteiger partial charge in [0.05, 0.1) is 6.61 Å². The van der Waals surface area contributed by atoms with Gasteiger partial charge in [0.25, 0.3) is 0 Å². The van der Waals surface area contributed by atoms with Crippen molar-refractivity contribution in [3.05, 3.63) is 23.8 Å². The normalized spacial score (nSPS) is 47.0. The summed E-state index contributed by atoms with van der Waals surface area (Å²) in [5.41, 5.74) is 1.16. The minimum absolute atomic E-state index is 0.0922. The Hall–Kier alpha value is -0.970. The van der Waals surface area contributed by atoms with E-state index in [1.54, 1.807) is 0 Å². The van der Waals surface area contributed by atoms with Crippen molar-refractivity contribution in [2.45, 2.75) is 77.1 Å². The highest BCUT2D eigenvalue weighted by atomic mass is 16.6. The van der Waals surface area contributed by atoms with E-state index in [0.29, 0.717) is 23.3 Å². The molecule has 4 nitrogen and oxygen atoms in total. The molecule has 1 aliphatic heterocycles. The maximum Gasteiger partial charge on any atom is 0.190 e. The van der Waals surface area contributed by atoms with E-state index < -0.39 is 17.8 Å². The van der Waals surface area contributed by atoms with Gasteiger partial charge in [-0.25, -0.2) is 0 Å². The van der Waals surface area contributed by atoms with Crippen molar-refractivity contribution < 1.29 is 19.7 Å². The van der Waals surface area contributed by atoms with E-state index >= 15 is 0 Å². The molecular weight excluding hydrogens is 328 g/mol. The van der Waals surface area contributed by atoms with Crippen LogP contribution in [0.2, 0.25) is 0 Å². The summed E-state index contributed by atoms with van der Waals surface area (Å²) >= 11 is 0. The Kier molecular flexibility index (Phi) is 4.08. The van der Waals surface area contributed by atoms with Crippen molar-refractivity contribution in [3.63, 3.8) is 0 Å². The fourth-order valence-electron chi connectivity index (χ4n) is 6.64. The molecule has 0 radical (unpaired) electrons. The molecule has 2 saturated carbocycles. The monoisotopic (exact) mass is 360 g/mol. The van der Waals surface area contributed by atoms with Gasteiger partial charge in [0.1, 0.15) is 12.2 Å². The number of hydrogen-bond donors (Lipinski definition) is 2.